The lowest BCUT2D eigenvalue weighted by molar-refractivity contribution is 0.194. The summed E-state index contributed by atoms with van der Waals surface area (Å²) in [6.07, 6.45) is 6.60. The number of urea groups is 1. The topological polar surface area (TPSA) is 37.3 Å². The Morgan fingerprint density at radius 3 is 2.74 bits per heavy atom. The van der Waals surface area contributed by atoms with Gasteiger partial charge in [-0.05, 0) is 79.3 Å². The molecule has 34 heavy (non-hydrogen) atoms. The van der Waals surface area contributed by atoms with Crippen molar-refractivity contribution in [1.29, 1.82) is 0 Å². The summed E-state index contributed by atoms with van der Waals surface area (Å²) in [7, 11) is 0. The van der Waals surface area contributed by atoms with Crippen LogP contribution in [-0.4, -0.2) is 15.5 Å². The molecule has 4 aromatic rings. The molecule has 1 aliphatic heterocycles. The van der Waals surface area contributed by atoms with Gasteiger partial charge in [-0.1, -0.05) is 29.8 Å². The molecule has 0 bridgehead atoms. The average molecular weight is 492 g/mol. The molecule has 1 N–H and O–H groups in total. The van der Waals surface area contributed by atoms with Gasteiger partial charge >= 0.3 is 6.03 Å². The maximum Gasteiger partial charge on any atom is 0.322 e. The van der Waals surface area contributed by atoms with E-state index in [2.05, 4.69) is 22.1 Å². The average Bonchev–Trinajstić information content (AvgIpc) is 3.41. The van der Waals surface area contributed by atoms with Crippen molar-refractivity contribution >= 4 is 34.7 Å². The third-order valence-electron chi connectivity index (χ3n) is 6.68. The highest BCUT2D eigenvalue weighted by atomic mass is 35.5. The van der Waals surface area contributed by atoms with Crippen molar-refractivity contribution in [3.8, 4) is 5.00 Å². The van der Waals surface area contributed by atoms with E-state index in [4.69, 9.17) is 11.6 Å². The molecule has 2 aromatic carbocycles. The van der Waals surface area contributed by atoms with Crippen molar-refractivity contribution in [3.63, 3.8) is 0 Å². The molecule has 0 radical (unpaired) electrons. The zero-order chi connectivity index (χ0) is 23.2. The molecule has 7 heteroatoms. The number of fused-ring (bicyclic) bond motifs is 5. The van der Waals surface area contributed by atoms with Crippen molar-refractivity contribution in [2.75, 3.05) is 5.32 Å². The molecular weight excluding hydrogens is 469 g/mol. The minimum atomic E-state index is -0.386. The fraction of sp³-hybridized carbons (Fsp3) is 0.222. The number of benzene rings is 2. The minimum absolute atomic E-state index is 0.271. The summed E-state index contributed by atoms with van der Waals surface area (Å²) in [5, 5.41) is 4.75. The lowest BCUT2D eigenvalue weighted by atomic mass is 9.95. The number of aryl methyl sites for hydroxylation is 1. The van der Waals surface area contributed by atoms with E-state index in [9.17, 15) is 9.18 Å². The van der Waals surface area contributed by atoms with Gasteiger partial charge in [0.1, 0.15) is 10.8 Å². The summed E-state index contributed by atoms with van der Waals surface area (Å²) >= 11 is 8.23. The lowest BCUT2D eigenvalue weighted by Crippen LogP contribution is -2.38. The van der Waals surface area contributed by atoms with Gasteiger partial charge in [-0.3, -0.25) is 0 Å². The number of hydrogen-bond acceptors (Lipinski definition) is 2. The second-order valence-corrected chi connectivity index (χ2v) is 10.3. The van der Waals surface area contributed by atoms with Crippen LogP contribution in [0.5, 0.6) is 0 Å². The Kier molecular flexibility index (Phi) is 5.42. The predicted molar refractivity (Wildman–Crippen MR) is 135 cm³/mol. The molecule has 2 amide bonds. The number of thiophene rings is 1. The first-order valence-corrected chi connectivity index (χ1v) is 12.7. The summed E-state index contributed by atoms with van der Waals surface area (Å²) < 4.78 is 16.1. The van der Waals surface area contributed by atoms with Crippen molar-refractivity contribution in [1.82, 2.24) is 9.47 Å². The van der Waals surface area contributed by atoms with Crippen LogP contribution in [0.1, 0.15) is 46.1 Å². The first-order chi connectivity index (χ1) is 16.6. The Morgan fingerprint density at radius 2 is 1.88 bits per heavy atom. The van der Waals surface area contributed by atoms with Crippen LogP contribution >= 0.6 is 22.9 Å². The number of rotatable bonds is 2. The maximum absolute atomic E-state index is 13.8. The summed E-state index contributed by atoms with van der Waals surface area (Å²) in [6.45, 7) is 0.473. The number of nitrogens with one attached hydrogen (secondary N) is 1. The van der Waals surface area contributed by atoms with E-state index >= 15 is 0 Å². The fourth-order valence-electron chi connectivity index (χ4n) is 5.18. The van der Waals surface area contributed by atoms with Crippen molar-refractivity contribution in [2.45, 2.75) is 38.3 Å². The number of hydrogen-bond donors (Lipinski definition) is 1. The van der Waals surface area contributed by atoms with E-state index in [-0.39, 0.29) is 17.9 Å². The normalized spacial score (nSPS) is 16.9. The Balaban J connectivity index is 1.51. The van der Waals surface area contributed by atoms with Gasteiger partial charge in [-0.2, -0.15) is 0 Å². The molecular formula is C27H23ClFN3OS. The van der Waals surface area contributed by atoms with Crippen LogP contribution in [0.25, 0.3) is 5.00 Å². The van der Waals surface area contributed by atoms with Crippen LogP contribution in [0, 0.1) is 5.82 Å². The Bertz CT molecular complexity index is 1390. The highest BCUT2D eigenvalue weighted by Crippen LogP contribution is 2.44. The molecule has 1 atom stereocenters. The van der Waals surface area contributed by atoms with Gasteiger partial charge in [0.05, 0.1) is 18.3 Å². The molecule has 1 aliphatic carbocycles. The minimum Gasteiger partial charge on any atom is -0.310 e. The lowest BCUT2D eigenvalue weighted by Gasteiger charge is -2.31. The molecule has 0 saturated carbocycles. The Labute approximate surface area is 206 Å². The van der Waals surface area contributed by atoms with Gasteiger partial charge in [0.2, 0.25) is 0 Å². The smallest absolute Gasteiger partial charge is 0.310 e. The zero-order valence-electron chi connectivity index (χ0n) is 18.4. The second-order valence-electron chi connectivity index (χ2n) is 8.82. The largest absolute Gasteiger partial charge is 0.322 e. The van der Waals surface area contributed by atoms with Gasteiger partial charge < -0.3 is 14.8 Å². The molecule has 1 unspecified atom stereocenters. The standard InChI is InChI=1S/C27H23ClFN3OS/c28-18-7-3-6-17(14-18)25-23-11-5-13-31(23)26-22(21-10-1-2-12-24(21)34-26)16-32(25)27(33)30-20-9-4-8-19(29)15-20/h3-9,11,13-15,25H,1-2,10,12,16H2,(H,30,33). The number of halogens is 2. The first kappa shape index (κ1) is 21.4. The van der Waals surface area contributed by atoms with Crippen molar-refractivity contribution < 1.29 is 9.18 Å². The van der Waals surface area contributed by atoms with Crippen LogP contribution < -0.4 is 5.32 Å². The molecule has 4 nitrogen and oxygen atoms in total. The van der Waals surface area contributed by atoms with E-state index < -0.39 is 0 Å². The molecule has 2 aliphatic rings. The zero-order valence-corrected chi connectivity index (χ0v) is 20.0. The van der Waals surface area contributed by atoms with Gasteiger partial charge in [0.15, 0.2) is 0 Å². The number of nitrogens with zero attached hydrogens (tertiary/aromatic N) is 2. The second kappa shape index (κ2) is 8.60. The summed E-state index contributed by atoms with van der Waals surface area (Å²) in [5.41, 5.74) is 4.99. The first-order valence-electron chi connectivity index (χ1n) is 11.5. The van der Waals surface area contributed by atoms with Crippen LogP contribution in [0.4, 0.5) is 14.9 Å². The van der Waals surface area contributed by atoms with Gasteiger partial charge in [-0.25, -0.2) is 9.18 Å². The quantitative estimate of drug-likeness (QED) is 0.313. The van der Waals surface area contributed by atoms with E-state index in [1.807, 2.05) is 46.6 Å². The maximum atomic E-state index is 13.8. The number of aromatic nitrogens is 1. The van der Waals surface area contributed by atoms with Crippen molar-refractivity contribution in [3.05, 3.63) is 105 Å². The molecule has 2 aromatic heterocycles. The number of anilines is 1. The molecule has 172 valence electrons. The monoisotopic (exact) mass is 491 g/mol. The molecule has 0 fully saturated rings. The summed E-state index contributed by atoms with van der Waals surface area (Å²) in [6, 6.07) is 17.2. The molecule has 0 saturated heterocycles. The van der Waals surface area contributed by atoms with E-state index in [0.29, 0.717) is 17.3 Å². The van der Waals surface area contributed by atoms with Gasteiger partial charge in [-0.15, -0.1) is 11.3 Å². The third kappa shape index (κ3) is 3.71. The van der Waals surface area contributed by atoms with E-state index in [0.717, 1.165) is 24.1 Å². The number of carbonyl (C=O) groups is 1. The van der Waals surface area contributed by atoms with Gasteiger partial charge in [0.25, 0.3) is 0 Å². The van der Waals surface area contributed by atoms with E-state index in [1.54, 1.807) is 12.1 Å². The SMILES string of the molecule is O=C(Nc1cccc(F)c1)N1Cc2c(sc3c2CCCC3)-n2cccc2C1c1cccc(Cl)c1. The molecule has 0 spiro atoms. The molecule has 3 heterocycles. The van der Waals surface area contributed by atoms with Crippen molar-refractivity contribution in [2.24, 2.45) is 0 Å². The van der Waals surface area contributed by atoms with Crippen LogP contribution in [0.15, 0.2) is 66.9 Å². The van der Waals surface area contributed by atoms with Gasteiger partial charge in [0, 0.05) is 27.3 Å². The number of carbonyl (C=O) groups excluding carboxylic acids is 1. The van der Waals surface area contributed by atoms with Crippen LogP contribution in [0.2, 0.25) is 5.02 Å². The highest BCUT2D eigenvalue weighted by molar-refractivity contribution is 7.15. The predicted octanol–water partition coefficient (Wildman–Crippen LogP) is 7.35. The Morgan fingerprint density at radius 1 is 1.03 bits per heavy atom. The third-order valence-corrected chi connectivity index (χ3v) is 8.25. The Hall–Kier alpha value is -3.09. The van der Waals surface area contributed by atoms with Crippen LogP contribution in [-0.2, 0) is 19.4 Å². The fourth-order valence-corrected chi connectivity index (χ4v) is 6.78. The van der Waals surface area contributed by atoms with Crippen LogP contribution in [0.3, 0.4) is 0 Å². The highest BCUT2D eigenvalue weighted by Gasteiger charge is 2.36. The summed E-state index contributed by atoms with van der Waals surface area (Å²) in [4.78, 5) is 17.1. The molecule has 6 rings (SSSR count). The van der Waals surface area contributed by atoms with E-state index in [1.165, 1.54) is 46.0 Å². The number of amides is 2. The summed E-state index contributed by atoms with van der Waals surface area (Å²) in [5.74, 6) is -0.386.